The van der Waals surface area contributed by atoms with Crippen molar-refractivity contribution in [3.63, 3.8) is 0 Å². The summed E-state index contributed by atoms with van der Waals surface area (Å²) in [5.74, 6) is 0.849. The van der Waals surface area contributed by atoms with Crippen molar-refractivity contribution < 1.29 is 9.53 Å². The normalized spacial score (nSPS) is 16.9. The molecule has 1 aromatic carbocycles. The predicted molar refractivity (Wildman–Crippen MR) is 105 cm³/mol. The van der Waals surface area contributed by atoms with Gasteiger partial charge in [0.15, 0.2) is 0 Å². The molecule has 0 saturated carbocycles. The summed E-state index contributed by atoms with van der Waals surface area (Å²) in [7, 11) is 3.92. The number of amides is 2. The van der Waals surface area contributed by atoms with E-state index in [2.05, 4.69) is 22.2 Å². The van der Waals surface area contributed by atoms with Crippen LogP contribution in [-0.4, -0.2) is 54.1 Å². The second-order valence-corrected chi connectivity index (χ2v) is 7.66. The van der Waals surface area contributed by atoms with E-state index >= 15 is 0 Å². The average molecular weight is 375 g/mol. The fourth-order valence-corrected chi connectivity index (χ4v) is 3.64. The fourth-order valence-electron chi connectivity index (χ4n) is 2.91. The van der Waals surface area contributed by atoms with Crippen LogP contribution in [-0.2, 0) is 0 Å². The monoisotopic (exact) mass is 374 g/mol. The smallest absolute Gasteiger partial charge is 0.322 e. The van der Waals surface area contributed by atoms with E-state index in [1.807, 2.05) is 36.6 Å². The van der Waals surface area contributed by atoms with Crippen LogP contribution in [0.2, 0.25) is 0 Å². The number of carbonyl (C=O) groups excluding carboxylic acids is 1. The first kappa shape index (κ1) is 18.7. The number of piperidine rings is 1. The molecule has 2 aromatic rings. The highest BCUT2D eigenvalue weighted by Gasteiger charge is 2.20. The number of benzene rings is 1. The zero-order valence-electron chi connectivity index (χ0n) is 15.5. The van der Waals surface area contributed by atoms with Gasteiger partial charge in [0.05, 0.1) is 6.04 Å². The average Bonchev–Trinajstić information content (AvgIpc) is 3.18. The Morgan fingerprint density at radius 2 is 2.04 bits per heavy atom. The third-order valence-electron chi connectivity index (χ3n) is 4.78. The molecule has 1 aliphatic rings. The van der Waals surface area contributed by atoms with Gasteiger partial charge in [-0.3, -0.25) is 0 Å². The summed E-state index contributed by atoms with van der Waals surface area (Å²) in [6, 6.07) is 7.36. The quantitative estimate of drug-likeness (QED) is 0.864. The number of thiazole rings is 1. The maximum Gasteiger partial charge on any atom is 0.322 e. The maximum absolute atomic E-state index is 12.4. The second-order valence-electron chi connectivity index (χ2n) is 6.73. The minimum Gasteiger partial charge on any atom is -0.490 e. The number of nitrogens with zero attached hydrogens (tertiary/aromatic N) is 3. The van der Waals surface area contributed by atoms with Crippen LogP contribution in [0.15, 0.2) is 35.8 Å². The zero-order chi connectivity index (χ0) is 18.5. The molecule has 2 heterocycles. The number of ether oxygens (including phenoxy) is 1. The van der Waals surface area contributed by atoms with Crippen LogP contribution in [0.5, 0.6) is 5.75 Å². The number of urea groups is 1. The van der Waals surface area contributed by atoms with Crippen molar-refractivity contribution >= 4 is 23.1 Å². The van der Waals surface area contributed by atoms with E-state index in [4.69, 9.17) is 4.74 Å². The van der Waals surface area contributed by atoms with Crippen molar-refractivity contribution in [2.75, 3.05) is 32.5 Å². The maximum atomic E-state index is 12.4. The molecule has 0 spiro atoms. The molecule has 1 fully saturated rings. The minimum absolute atomic E-state index is 0.0676. The van der Waals surface area contributed by atoms with Gasteiger partial charge in [-0.2, -0.15) is 0 Å². The van der Waals surface area contributed by atoms with Crippen LogP contribution in [0.3, 0.4) is 0 Å². The molecule has 0 unspecified atom stereocenters. The van der Waals surface area contributed by atoms with Crippen LogP contribution in [0.25, 0.3) is 0 Å². The molecule has 1 N–H and O–H groups in total. The number of nitrogens with one attached hydrogen (secondary N) is 1. The Bertz CT molecular complexity index is 697. The van der Waals surface area contributed by atoms with E-state index in [0.29, 0.717) is 0 Å². The SMILES string of the molecule is C[C@H](c1nccs1)N(C)C(=O)Nc1ccc(OC2CCN(C)CC2)cc1. The fraction of sp³-hybridized carbons (Fsp3) is 0.474. The molecule has 26 heavy (non-hydrogen) atoms. The summed E-state index contributed by atoms with van der Waals surface area (Å²) in [4.78, 5) is 20.7. The molecule has 1 aliphatic heterocycles. The largest absolute Gasteiger partial charge is 0.490 e. The highest BCUT2D eigenvalue weighted by molar-refractivity contribution is 7.09. The lowest BCUT2D eigenvalue weighted by atomic mass is 10.1. The van der Waals surface area contributed by atoms with Gasteiger partial charge >= 0.3 is 6.03 Å². The first-order valence-corrected chi connectivity index (χ1v) is 9.79. The molecule has 0 bridgehead atoms. The molecule has 3 rings (SSSR count). The first-order chi connectivity index (χ1) is 12.5. The Morgan fingerprint density at radius 1 is 1.35 bits per heavy atom. The lowest BCUT2D eigenvalue weighted by molar-refractivity contribution is 0.114. The third-order valence-corrected chi connectivity index (χ3v) is 5.73. The summed E-state index contributed by atoms with van der Waals surface area (Å²) in [5.41, 5.74) is 0.754. The molecule has 6 nitrogen and oxygen atoms in total. The highest BCUT2D eigenvalue weighted by atomic mass is 32.1. The van der Waals surface area contributed by atoms with Crippen LogP contribution < -0.4 is 10.1 Å². The topological polar surface area (TPSA) is 57.7 Å². The van der Waals surface area contributed by atoms with Crippen molar-refractivity contribution in [3.8, 4) is 5.75 Å². The Labute approximate surface area is 158 Å². The standard InChI is InChI=1S/C19H26N4O2S/c1-14(18-20-10-13-26-18)23(3)19(24)21-15-4-6-16(7-5-15)25-17-8-11-22(2)12-9-17/h4-7,10,13-14,17H,8-9,11-12H2,1-3H3,(H,21,24)/t14-/m1/s1. The molecule has 0 aliphatic carbocycles. The Kier molecular flexibility index (Phi) is 6.11. The van der Waals surface area contributed by atoms with Gasteiger partial charge in [0.25, 0.3) is 0 Å². The molecule has 1 atom stereocenters. The van der Waals surface area contributed by atoms with Crippen LogP contribution in [0, 0.1) is 0 Å². The Balaban J connectivity index is 1.52. The van der Waals surface area contributed by atoms with Gasteiger partial charge in [-0.1, -0.05) is 0 Å². The summed E-state index contributed by atoms with van der Waals surface area (Å²) in [6.07, 6.45) is 4.13. The van der Waals surface area contributed by atoms with Gasteiger partial charge in [-0.15, -0.1) is 11.3 Å². The molecule has 140 valence electrons. The van der Waals surface area contributed by atoms with Gasteiger partial charge in [-0.25, -0.2) is 9.78 Å². The van der Waals surface area contributed by atoms with Crippen molar-refractivity contribution in [3.05, 3.63) is 40.8 Å². The minimum atomic E-state index is -0.156. The highest BCUT2D eigenvalue weighted by Crippen LogP contribution is 2.23. The van der Waals surface area contributed by atoms with E-state index in [-0.39, 0.29) is 18.2 Å². The van der Waals surface area contributed by atoms with E-state index in [0.717, 1.165) is 42.4 Å². The van der Waals surface area contributed by atoms with Crippen LogP contribution in [0.1, 0.15) is 30.8 Å². The number of rotatable bonds is 5. The van der Waals surface area contributed by atoms with Crippen LogP contribution in [0.4, 0.5) is 10.5 Å². The van der Waals surface area contributed by atoms with Gasteiger partial charge < -0.3 is 19.9 Å². The number of hydrogen-bond donors (Lipinski definition) is 1. The molecule has 2 amide bonds. The molecule has 1 aromatic heterocycles. The van der Waals surface area contributed by atoms with E-state index in [1.165, 1.54) is 0 Å². The van der Waals surface area contributed by atoms with Crippen molar-refractivity contribution in [2.45, 2.75) is 31.9 Å². The third kappa shape index (κ3) is 4.74. The lowest BCUT2D eigenvalue weighted by Crippen LogP contribution is -2.35. The molecular formula is C19H26N4O2S. The number of likely N-dealkylation sites (tertiary alicyclic amines) is 1. The number of hydrogen-bond acceptors (Lipinski definition) is 5. The zero-order valence-corrected chi connectivity index (χ0v) is 16.3. The van der Waals surface area contributed by atoms with Gasteiger partial charge in [0.1, 0.15) is 16.9 Å². The van der Waals surface area contributed by atoms with Crippen LogP contribution >= 0.6 is 11.3 Å². The lowest BCUT2D eigenvalue weighted by Gasteiger charge is -2.29. The first-order valence-electron chi connectivity index (χ1n) is 8.91. The number of carbonyl (C=O) groups is 1. The summed E-state index contributed by atoms with van der Waals surface area (Å²) in [6.45, 7) is 4.11. The van der Waals surface area contributed by atoms with Gasteiger partial charge in [-0.05, 0) is 51.1 Å². The van der Waals surface area contributed by atoms with Crippen molar-refractivity contribution in [1.82, 2.24) is 14.8 Å². The number of aromatic nitrogens is 1. The molecular weight excluding hydrogens is 348 g/mol. The Hall–Kier alpha value is -2.12. The summed E-state index contributed by atoms with van der Waals surface area (Å²) in [5, 5.41) is 5.76. The molecule has 1 saturated heterocycles. The summed E-state index contributed by atoms with van der Waals surface area (Å²) >= 11 is 1.55. The van der Waals surface area contributed by atoms with Crippen molar-refractivity contribution in [1.29, 1.82) is 0 Å². The summed E-state index contributed by atoms with van der Waals surface area (Å²) < 4.78 is 6.04. The van der Waals surface area contributed by atoms with E-state index in [1.54, 1.807) is 29.5 Å². The van der Waals surface area contributed by atoms with E-state index < -0.39 is 0 Å². The number of anilines is 1. The van der Waals surface area contributed by atoms with Gasteiger partial charge in [0, 0.05) is 37.4 Å². The van der Waals surface area contributed by atoms with E-state index in [9.17, 15) is 4.79 Å². The Morgan fingerprint density at radius 3 is 2.65 bits per heavy atom. The second kappa shape index (κ2) is 8.51. The van der Waals surface area contributed by atoms with Crippen molar-refractivity contribution in [2.24, 2.45) is 0 Å². The molecule has 7 heteroatoms. The molecule has 0 radical (unpaired) electrons. The predicted octanol–water partition coefficient (Wildman–Crippen LogP) is 3.84. The van der Waals surface area contributed by atoms with Gasteiger partial charge in [0.2, 0.25) is 0 Å².